The van der Waals surface area contributed by atoms with Crippen LogP contribution < -0.4 is 5.73 Å². The van der Waals surface area contributed by atoms with Crippen molar-refractivity contribution < 1.29 is 4.79 Å². The SMILES string of the molecule is Cc1ccc(C(N)=O)c(C2CC2)c1I. The lowest BCUT2D eigenvalue weighted by molar-refractivity contribution is 0.0999. The molecule has 2 rings (SSSR count). The van der Waals surface area contributed by atoms with Crippen molar-refractivity contribution in [2.24, 2.45) is 5.73 Å². The van der Waals surface area contributed by atoms with E-state index in [0.29, 0.717) is 11.5 Å². The standard InChI is InChI=1S/C11H12INO/c1-6-2-5-8(11(13)14)9(10(6)12)7-3-4-7/h2,5,7H,3-4H2,1H3,(H2,13,14). The number of halogens is 1. The number of rotatable bonds is 2. The molecule has 0 aliphatic heterocycles. The molecule has 0 aromatic heterocycles. The number of benzene rings is 1. The van der Waals surface area contributed by atoms with Gasteiger partial charge in [-0.15, -0.1) is 0 Å². The Bertz CT molecular complexity index is 397. The molecule has 3 heteroatoms. The molecule has 0 atom stereocenters. The Hall–Kier alpha value is -0.580. The van der Waals surface area contributed by atoms with Crippen molar-refractivity contribution >= 4 is 28.5 Å². The molecule has 0 heterocycles. The minimum atomic E-state index is -0.301. The lowest BCUT2D eigenvalue weighted by Gasteiger charge is -2.10. The molecule has 0 saturated heterocycles. The van der Waals surface area contributed by atoms with E-state index >= 15 is 0 Å². The highest BCUT2D eigenvalue weighted by atomic mass is 127. The van der Waals surface area contributed by atoms with Gasteiger partial charge in [-0.05, 0) is 65.5 Å². The zero-order valence-electron chi connectivity index (χ0n) is 8.01. The van der Waals surface area contributed by atoms with Gasteiger partial charge in [-0.3, -0.25) is 4.79 Å². The molecule has 0 spiro atoms. The lowest BCUT2D eigenvalue weighted by atomic mass is 10.0. The molecule has 1 fully saturated rings. The molecule has 1 aliphatic carbocycles. The Labute approximate surface area is 97.0 Å². The summed E-state index contributed by atoms with van der Waals surface area (Å²) in [7, 11) is 0. The number of nitrogens with two attached hydrogens (primary N) is 1. The zero-order valence-corrected chi connectivity index (χ0v) is 10.2. The molecule has 14 heavy (non-hydrogen) atoms. The van der Waals surface area contributed by atoms with Crippen LogP contribution in [0.1, 0.15) is 40.2 Å². The third kappa shape index (κ3) is 1.65. The van der Waals surface area contributed by atoms with Crippen LogP contribution in [0.3, 0.4) is 0 Å². The van der Waals surface area contributed by atoms with Crippen LogP contribution in [0.4, 0.5) is 0 Å². The average Bonchev–Trinajstić information content (AvgIpc) is 2.92. The topological polar surface area (TPSA) is 43.1 Å². The number of carbonyl (C=O) groups is 1. The number of primary amides is 1. The number of aryl methyl sites for hydroxylation is 1. The summed E-state index contributed by atoms with van der Waals surface area (Å²) in [5.74, 6) is 0.272. The van der Waals surface area contributed by atoms with Gasteiger partial charge in [0.25, 0.3) is 0 Å². The fourth-order valence-corrected chi connectivity index (χ4v) is 2.60. The molecule has 0 radical (unpaired) electrons. The number of hydrogen-bond donors (Lipinski definition) is 1. The van der Waals surface area contributed by atoms with Gasteiger partial charge in [-0.25, -0.2) is 0 Å². The number of carbonyl (C=O) groups excluding carboxylic acids is 1. The molecule has 2 nitrogen and oxygen atoms in total. The van der Waals surface area contributed by atoms with Crippen LogP contribution >= 0.6 is 22.6 Å². The van der Waals surface area contributed by atoms with Crippen molar-refractivity contribution in [3.8, 4) is 0 Å². The van der Waals surface area contributed by atoms with E-state index < -0.39 is 0 Å². The maximum Gasteiger partial charge on any atom is 0.249 e. The van der Waals surface area contributed by atoms with E-state index in [0.717, 1.165) is 0 Å². The van der Waals surface area contributed by atoms with Crippen LogP contribution in [0.5, 0.6) is 0 Å². The third-order valence-electron chi connectivity index (χ3n) is 2.62. The van der Waals surface area contributed by atoms with Crippen LogP contribution in [0.25, 0.3) is 0 Å². The first-order chi connectivity index (χ1) is 6.61. The van der Waals surface area contributed by atoms with E-state index in [9.17, 15) is 4.79 Å². The Morgan fingerprint density at radius 2 is 2.14 bits per heavy atom. The summed E-state index contributed by atoms with van der Waals surface area (Å²) in [6, 6.07) is 3.82. The van der Waals surface area contributed by atoms with E-state index in [1.54, 1.807) is 0 Å². The molecular formula is C11H12INO. The normalized spacial score (nSPS) is 15.6. The summed E-state index contributed by atoms with van der Waals surface area (Å²) in [4.78, 5) is 11.2. The Morgan fingerprint density at radius 1 is 1.50 bits per heavy atom. The summed E-state index contributed by atoms with van der Waals surface area (Å²) in [5.41, 5.74) is 8.48. The molecule has 74 valence electrons. The first-order valence-corrected chi connectivity index (χ1v) is 5.78. The summed E-state index contributed by atoms with van der Waals surface area (Å²) >= 11 is 2.31. The second-order valence-corrected chi connectivity index (χ2v) is 4.87. The van der Waals surface area contributed by atoms with Crippen LogP contribution in [-0.4, -0.2) is 5.91 Å². The molecule has 1 amide bonds. The smallest absolute Gasteiger partial charge is 0.249 e. The molecule has 0 unspecified atom stereocenters. The van der Waals surface area contributed by atoms with Gasteiger partial charge in [-0.2, -0.15) is 0 Å². The van der Waals surface area contributed by atoms with Crippen molar-refractivity contribution in [3.05, 3.63) is 32.4 Å². The summed E-state index contributed by atoms with van der Waals surface area (Å²) in [6.07, 6.45) is 2.39. The van der Waals surface area contributed by atoms with Gasteiger partial charge in [0.1, 0.15) is 0 Å². The predicted octanol–water partition coefficient (Wildman–Crippen LogP) is 2.58. The second-order valence-electron chi connectivity index (χ2n) is 3.80. The molecule has 1 aromatic carbocycles. The molecule has 1 aliphatic rings. The van der Waals surface area contributed by atoms with Crippen LogP contribution in [0, 0.1) is 10.5 Å². The maximum atomic E-state index is 11.2. The van der Waals surface area contributed by atoms with Gasteiger partial charge in [0, 0.05) is 9.13 Å². The lowest BCUT2D eigenvalue weighted by Crippen LogP contribution is -2.14. The van der Waals surface area contributed by atoms with E-state index in [2.05, 4.69) is 29.5 Å². The van der Waals surface area contributed by atoms with E-state index in [1.165, 1.54) is 27.5 Å². The van der Waals surface area contributed by atoms with Gasteiger partial charge < -0.3 is 5.73 Å². The van der Waals surface area contributed by atoms with Crippen LogP contribution in [0.15, 0.2) is 12.1 Å². The Kier molecular flexibility index (Phi) is 2.51. The molecule has 0 bridgehead atoms. The highest BCUT2D eigenvalue weighted by molar-refractivity contribution is 14.1. The van der Waals surface area contributed by atoms with E-state index in [1.807, 2.05) is 12.1 Å². The fraction of sp³-hybridized carbons (Fsp3) is 0.364. The monoisotopic (exact) mass is 301 g/mol. The molecule has 2 N–H and O–H groups in total. The Morgan fingerprint density at radius 3 is 2.64 bits per heavy atom. The van der Waals surface area contributed by atoms with Gasteiger partial charge in [-0.1, -0.05) is 6.07 Å². The van der Waals surface area contributed by atoms with Gasteiger partial charge in [0.05, 0.1) is 0 Å². The quantitative estimate of drug-likeness (QED) is 0.838. The summed E-state index contributed by atoms with van der Waals surface area (Å²) < 4.78 is 1.21. The van der Waals surface area contributed by atoms with Crippen molar-refractivity contribution in [2.75, 3.05) is 0 Å². The summed E-state index contributed by atoms with van der Waals surface area (Å²) in [5, 5.41) is 0. The minimum absolute atomic E-state index is 0.301. The average molecular weight is 301 g/mol. The number of hydrogen-bond acceptors (Lipinski definition) is 1. The van der Waals surface area contributed by atoms with E-state index in [-0.39, 0.29) is 5.91 Å². The van der Waals surface area contributed by atoms with Crippen molar-refractivity contribution in [1.82, 2.24) is 0 Å². The fourth-order valence-electron chi connectivity index (χ4n) is 1.69. The van der Waals surface area contributed by atoms with Gasteiger partial charge >= 0.3 is 0 Å². The Balaban J connectivity index is 2.59. The van der Waals surface area contributed by atoms with Crippen LogP contribution in [-0.2, 0) is 0 Å². The second kappa shape index (κ2) is 3.53. The van der Waals surface area contributed by atoms with Crippen LogP contribution in [0.2, 0.25) is 0 Å². The highest BCUT2D eigenvalue weighted by Gasteiger charge is 2.29. The summed E-state index contributed by atoms with van der Waals surface area (Å²) in [6.45, 7) is 2.07. The molecular weight excluding hydrogens is 289 g/mol. The largest absolute Gasteiger partial charge is 0.366 e. The molecule has 1 saturated carbocycles. The minimum Gasteiger partial charge on any atom is -0.366 e. The first kappa shape index (κ1) is 9.96. The number of amides is 1. The van der Waals surface area contributed by atoms with Crippen molar-refractivity contribution in [1.29, 1.82) is 0 Å². The highest BCUT2D eigenvalue weighted by Crippen LogP contribution is 2.44. The maximum absolute atomic E-state index is 11.2. The van der Waals surface area contributed by atoms with Gasteiger partial charge in [0.2, 0.25) is 5.91 Å². The predicted molar refractivity (Wildman–Crippen MR) is 64.4 cm³/mol. The third-order valence-corrected chi connectivity index (χ3v) is 4.06. The van der Waals surface area contributed by atoms with E-state index in [4.69, 9.17) is 5.73 Å². The van der Waals surface area contributed by atoms with Gasteiger partial charge in [0.15, 0.2) is 0 Å². The zero-order chi connectivity index (χ0) is 10.3. The van der Waals surface area contributed by atoms with Crippen molar-refractivity contribution in [2.45, 2.75) is 25.7 Å². The molecule has 1 aromatic rings. The first-order valence-electron chi connectivity index (χ1n) is 4.70. The van der Waals surface area contributed by atoms with Crippen molar-refractivity contribution in [3.63, 3.8) is 0 Å².